The van der Waals surface area contributed by atoms with Gasteiger partial charge in [0.05, 0.1) is 6.33 Å². The van der Waals surface area contributed by atoms with Crippen molar-refractivity contribution < 1.29 is 5.11 Å². The molecule has 3 aromatic rings. The largest absolute Gasteiger partial charge is 0.508 e. The third-order valence-corrected chi connectivity index (χ3v) is 5.92. The minimum absolute atomic E-state index is 0.287. The molecule has 0 radical (unpaired) electrons. The van der Waals surface area contributed by atoms with Crippen molar-refractivity contribution in [2.45, 2.75) is 18.9 Å². The standard InChI is InChI=1S/C20H26N8O/c21-18-17-19(28(13-23-17)15-5-7-22-8-6-15)25-20(24-18)27-11-9-26(10-12-27)14-1-3-16(29)4-2-14/h1-4,13,15,22,29H,5-12H2,(H2,21,24,25). The summed E-state index contributed by atoms with van der Waals surface area (Å²) >= 11 is 0. The Bertz CT molecular complexity index is 988. The Labute approximate surface area is 169 Å². The number of nitrogens with one attached hydrogen (secondary N) is 1. The molecule has 4 heterocycles. The molecule has 29 heavy (non-hydrogen) atoms. The summed E-state index contributed by atoms with van der Waals surface area (Å²) < 4.78 is 2.17. The molecule has 0 spiro atoms. The summed E-state index contributed by atoms with van der Waals surface area (Å²) in [6.07, 6.45) is 3.99. The smallest absolute Gasteiger partial charge is 0.229 e. The SMILES string of the molecule is Nc1nc(N2CCN(c3ccc(O)cc3)CC2)nc2c1ncn2C1CCNCC1. The number of phenolic OH excluding ortho intramolecular Hbond substituents is 1. The fraction of sp³-hybridized carbons (Fsp3) is 0.450. The van der Waals surface area contributed by atoms with E-state index in [1.54, 1.807) is 12.1 Å². The average molecular weight is 394 g/mol. The van der Waals surface area contributed by atoms with Crippen LogP contribution in [-0.4, -0.2) is 63.9 Å². The summed E-state index contributed by atoms with van der Waals surface area (Å²) in [6.45, 7) is 5.37. The van der Waals surface area contributed by atoms with Crippen LogP contribution in [0.5, 0.6) is 5.75 Å². The van der Waals surface area contributed by atoms with Crippen molar-refractivity contribution in [2.24, 2.45) is 0 Å². The van der Waals surface area contributed by atoms with Crippen molar-refractivity contribution in [3.05, 3.63) is 30.6 Å². The Morgan fingerprint density at radius 3 is 2.38 bits per heavy atom. The highest BCUT2D eigenvalue weighted by Gasteiger charge is 2.23. The maximum atomic E-state index is 9.49. The lowest BCUT2D eigenvalue weighted by atomic mass is 10.1. The maximum Gasteiger partial charge on any atom is 0.229 e. The number of nitrogen functional groups attached to an aromatic ring is 1. The van der Waals surface area contributed by atoms with Gasteiger partial charge in [0.1, 0.15) is 11.3 Å². The lowest BCUT2D eigenvalue weighted by Gasteiger charge is -2.36. The first-order valence-corrected chi connectivity index (χ1v) is 10.2. The molecule has 0 bridgehead atoms. The Morgan fingerprint density at radius 2 is 1.66 bits per heavy atom. The molecule has 1 aromatic carbocycles. The van der Waals surface area contributed by atoms with Crippen molar-refractivity contribution in [1.29, 1.82) is 0 Å². The highest BCUT2D eigenvalue weighted by Crippen LogP contribution is 2.27. The molecule has 9 nitrogen and oxygen atoms in total. The summed E-state index contributed by atoms with van der Waals surface area (Å²) in [5, 5.41) is 12.9. The molecule has 0 atom stereocenters. The van der Waals surface area contributed by atoms with Crippen molar-refractivity contribution in [3.8, 4) is 5.75 Å². The van der Waals surface area contributed by atoms with Crippen LogP contribution in [0.4, 0.5) is 17.5 Å². The highest BCUT2D eigenvalue weighted by atomic mass is 16.3. The Hall–Kier alpha value is -3.07. The monoisotopic (exact) mass is 394 g/mol. The van der Waals surface area contributed by atoms with Crippen LogP contribution in [-0.2, 0) is 0 Å². The molecule has 0 saturated carbocycles. The summed E-state index contributed by atoms with van der Waals surface area (Å²) in [5.41, 5.74) is 8.88. The van der Waals surface area contributed by atoms with Crippen LogP contribution in [0.2, 0.25) is 0 Å². The molecule has 0 amide bonds. The maximum absolute atomic E-state index is 9.49. The molecule has 9 heteroatoms. The van der Waals surface area contributed by atoms with Crippen LogP contribution in [0.25, 0.3) is 11.2 Å². The second-order valence-electron chi connectivity index (χ2n) is 7.70. The summed E-state index contributed by atoms with van der Waals surface area (Å²) in [7, 11) is 0. The van der Waals surface area contributed by atoms with E-state index in [4.69, 9.17) is 10.7 Å². The van der Waals surface area contributed by atoms with Gasteiger partial charge in [0, 0.05) is 37.9 Å². The molecule has 2 aliphatic rings. The molecule has 2 aromatic heterocycles. The Kier molecular flexibility index (Phi) is 4.59. The number of piperidine rings is 1. The zero-order valence-electron chi connectivity index (χ0n) is 16.3. The zero-order chi connectivity index (χ0) is 19.8. The van der Waals surface area contributed by atoms with E-state index in [1.807, 2.05) is 18.5 Å². The number of aromatic nitrogens is 4. The van der Waals surface area contributed by atoms with Gasteiger partial charge >= 0.3 is 0 Å². The second-order valence-corrected chi connectivity index (χ2v) is 7.70. The van der Waals surface area contributed by atoms with Gasteiger partial charge < -0.3 is 30.5 Å². The number of phenols is 1. The fourth-order valence-corrected chi connectivity index (χ4v) is 4.25. The average Bonchev–Trinajstić information content (AvgIpc) is 3.20. The first kappa shape index (κ1) is 18.0. The minimum Gasteiger partial charge on any atom is -0.508 e. The van der Waals surface area contributed by atoms with E-state index in [1.165, 1.54) is 0 Å². The fourth-order valence-electron chi connectivity index (χ4n) is 4.25. The number of imidazole rings is 1. The van der Waals surface area contributed by atoms with Gasteiger partial charge in [-0.25, -0.2) is 4.98 Å². The molecule has 2 saturated heterocycles. The summed E-state index contributed by atoms with van der Waals surface area (Å²) in [5.74, 6) is 1.41. The number of nitrogens with zero attached hydrogens (tertiary/aromatic N) is 6. The van der Waals surface area contributed by atoms with Crippen molar-refractivity contribution in [2.75, 3.05) is 54.8 Å². The topological polar surface area (TPSA) is 108 Å². The van der Waals surface area contributed by atoms with Crippen molar-refractivity contribution in [1.82, 2.24) is 24.8 Å². The molecule has 0 aliphatic carbocycles. The van der Waals surface area contributed by atoms with Gasteiger partial charge in [0.25, 0.3) is 0 Å². The predicted octanol–water partition coefficient (Wildman–Crippen LogP) is 1.37. The van der Waals surface area contributed by atoms with Crippen LogP contribution < -0.4 is 20.9 Å². The number of aromatic hydroxyl groups is 1. The number of anilines is 3. The number of hydrogen-bond donors (Lipinski definition) is 3. The van der Waals surface area contributed by atoms with E-state index in [9.17, 15) is 5.11 Å². The van der Waals surface area contributed by atoms with Crippen molar-refractivity contribution in [3.63, 3.8) is 0 Å². The first-order valence-electron chi connectivity index (χ1n) is 10.2. The number of piperazine rings is 1. The molecule has 2 fully saturated rings. The van der Waals surface area contributed by atoms with Gasteiger partial charge in [-0.15, -0.1) is 0 Å². The van der Waals surface area contributed by atoms with Gasteiger partial charge in [0.15, 0.2) is 11.5 Å². The lowest BCUT2D eigenvalue weighted by molar-refractivity contribution is 0.373. The van der Waals surface area contributed by atoms with E-state index in [-0.39, 0.29) is 5.75 Å². The number of rotatable bonds is 3. The van der Waals surface area contributed by atoms with Crippen LogP contribution in [0.3, 0.4) is 0 Å². The van der Waals surface area contributed by atoms with Gasteiger partial charge in [0.2, 0.25) is 5.95 Å². The molecular formula is C20H26N8O. The predicted molar refractivity (Wildman–Crippen MR) is 113 cm³/mol. The van der Waals surface area contributed by atoms with E-state index >= 15 is 0 Å². The quantitative estimate of drug-likeness (QED) is 0.611. The third-order valence-electron chi connectivity index (χ3n) is 5.92. The second kappa shape index (κ2) is 7.40. The van der Waals surface area contributed by atoms with Gasteiger partial charge in [-0.05, 0) is 50.2 Å². The Morgan fingerprint density at radius 1 is 0.966 bits per heavy atom. The Balaban J connectivity index is 1.37. The summed E-state index contributed by atoms with van der Waals surface area (Å²) in [6, 6.07) is 7.74. The molecule has 5 rings (SSSR count). The molecule has 2 aliphatic heterocycles. The number of fused-ring (bicyclic) bond motifs is 1. The van der Waals surface area contributed by atoms with E-state index < -0.39 is 0 Å². The van der Waals surface area contributed by atoms with Gasteiger partial charge in [-0.1, -0.05) is 0 Å². The summed E-state index contributed by atoms with van der Waals surface area (Å²) in [4.78, 5) is 18.4. The van der Waals surface area contributed by atoms with Crippen molar-refractivity contribution >= 4 is 28.6 Å². The molecular weight excluding hydrogens is 368 g/mol. The lowest BCUT2D eigenvalue weighted by Crippen LogP contribution is -2.47. The minimum atomic E-state index is 0.287. The van der Waals surface area contributed by atoms with Crippen LogP contribution in [0.15, 0.2) is 30.6 Å². The van der Waals surface area contributed by atoms with E-state index in [0.717, 1.165) is 63.4 Å². The van der Waals surface area contributed by atoms with E-state index in [2.05, 4.69) is 29.7 Å². The number of benzene rings is 1. The first-order chi connectivity index (χ1) is 14.2. The zero-order valence-corrected chi connectivity index (χ0v) is 16.3. The third kappa shape index (κ3) is 3.42. The van der Waals surface area contributed by atoms with Crippen LogP contribution >= 0.6 is 0 Å². The molecule has 4 N–H and O–H groups in total. The number of hydrogen-bond acceptors (Lipinski definition) is 8. The van der Waals surface area contributed by atoms with Crippen LogP contribution in [0.1, 0.15) is 18.9 Å². The molecule has 0 unspecified atom stereocenters. The van der Waals surface area contributed by atoms with Crippen LogP contribution in [0, 0.1) is 0 Å². The van der Waals surface area contributed by atoms with Gasteiger partial charge in [-0.3, -0.25) is 0 Å². The van der Waals surface area contributed by atoms with E-state index in [0.29, 0.717) is 23.3 Å². The molecule has 152 valence electrons. The number of nitrogens with two attached hydrogens (primary N) is 1. The normalized spacial score (nSPS) is 18.5. The highest BCUT2D eigenvalue weighted by molar-refractivity contribution is 5.83. The van der Waals surface area contributed by atoms with Gasteiger partial charge in [-0.2, -0.15) is 9.97 Å².